The first-order valence-corrected chi connectivity index (χ1v) is 9.50. The van der Waals surface area contributed by atoms with Crippen molar-refractivity contribution in [3.8, 4) is 0 Å². The lowest BCUT2D eigenvalue weighted by Crippen LogP contribution is -2.13. The quantitative estimate of drug-likeness (QED) is 0.876. The van der Waals surface area contributed by atoms with E-state index in [1.807, 2.05) is 30.8 Å². The highest BCUT2D eigenvalue weighted by atomic mass is 32.2. The number of benzene rings is 1. The summed E-state index contributed by atoms with van der Waals surface area (Å²) in [4.78, 5) is 0.426. The fourth-order valence-corrected chi connectivity index (χ4v) is 4.73. The van der Waals surface area contributed by atoms with Crippen LogP contribution < -0.4 is 5.32 Å². The molecule has 1 N–H and O–H groups in total. The largest absolute Gasteiger partial charge is 0.384 e. The van der Waals surface area contributed by atoms with Crippen LogP contribution >= 0.6 is 11.8 Å². The van der Waals surface area contributed by atoms with Crippen LogP contribution in [0.4, 0.5) is 5.69 Å². The van der Waals surface area contributed by atoms with Crippen molar-refractivity contribution in [2.45, 2.75) is 36.3 Å². The van der Waals surface area contributed by atoms with E-state index in [0.717, 1.165) is 12.2 Å². The Morgan fingerprint density at radius 3 is 2.63 bits per heavy atom. The van der Waals surface area contributed by atoms with Crippen LogP contribution in [0, 0.1) is 0 Å². The van der Waals surface area contributed by atoms with Crippen molar-refractivity contribution in [2.24, 2.45) is 0 Å². The van der Waals surface area contributed by atoms with E-state index < -0.39 is 9.84 Å². The lowest BCUT2D eigenvalue weighted by Gasteiger charge is -2.11. The van der Waals surface area contributed by atoms with Gasteiger partial charge in [-0.25, -0.2) is 8.42 Å². The van der Waals surface area contributed by atoms with E-state index in [4.69, 9.17) is 0 Å². The zero-order valence-electron chi connectivity index (χ0n) is 11.3. The van der Waals surface area contributed by atoms with Gasteiger partial charge in [0.2, 0.25) is 0 Å². The van der Waals surface area contributed by atoms with Crippen molar-refractivity contribution in [1.82, 2.24) is 0 Å². The first-order valence-electron chi connectivity index (χ1n) is 6.80. The van der Waals surface area contributed by atoms with Crippen molar-refractivity contribution >= 4 is 27.3 Å². The zero-order chi connectivity index (χ0) is 13.7. The molecular weight excluding hydrogens is 278 g/mol. The van der Waals surface area contributed by atoms with E-state index in [-0.39, 0.29) is 5.75 Å². The van der Waals surface area contributed by atoms with Gasteiger partial charge in [0.15, 0.2) is 9.84 Å². The normalized spacial score (nSPS) is 19.5. The fraction of sp³-hybridized carbons (Fsp3) is 0.571. The second-order valence-electron chi connectivity index (χ2n) is 4.86. The molecule has 1 heterocycles. The molecule has 1 fully saturated rings. The first-order chi connectivity index (χ1) is 9.12. The molecule has 1 aliphatic heterocycles. The minimum Gasteiger partial charge on any atom is -0.384 e. The van der Waals surface area contributed by atoms with Gasteiger partial charge in [-0.2, -0.15) is 11.8 Å². The molecule has 0 amide bonds. The maximum atomic E-state index is 11.9. The van der Waals surface area contributed by atoms with Crippen LogP contribution in [-0.4, -0.2) is 31.7 Å². The molecule has 19 heavy (non-hydrogen) atoms. The number of sulfone groups is 1. The van der Waals surface area contributed by atoms with Gasteiger partial charge < -0.3 is 5.32 Å². The van der Waals surface area contributed by atoms with Crippen molar-refractivity contribution in [3.05, 3.63) is 24.3 Å². The van der Waals surface area contributed by atoms with Crippen molar-refractivity contribution in [1.29, 1.82) is 0 Å². The molecule has 2 rings (SSSR count). The van der Waals surface area contributed by atoms with E-state index in [1.165, 1.54) is 18.6 Å². The number of hydrogen-bond acceptors (Lipinski definition) is 4. The second kappa shape index (κ2) is 6.66. The molecule has 1 aromatic rings. The number of thioether (sulfide) groups is 1. The van der Waals surface area contributed by atoms with Crippen molar-refractivity contribution in [2.75, 3.05) is 23.4 Å². The van der Waals surface area contributed by atoms with Crippen molar-refractivity contribution < 1.29 is 8.42 Å². The van der Waals surface area contributed by atoms with Crippen LogP contribution in [0.3, 0.4) is 0 Å². The SMILES string of the molecule is CCCS(=O)(=O)c1ccc(NCC2CCCS2)cc1. The Hall–Kier alpha value is -0.680. The Balaban J connectivity index is 1.94. The maximum Gasteiger partial charge on any atom is 0.178 e. The van der Waals surface area contributed by atoms with Gasteiger partial charge >= 0.3 is 0 Å². The fourth-order valence-electron chi connectivity index (χ4n) is 2.20. The Morgan fingerprint density at radius 2 is 2.05 bits per heavy atom. The molecule has 5 heteroatoms. The number of rotatable bonds is 6. The molecule has 1 atom stereocenters. The van der Waals surface area contributed by atoms with Gasteiger partial charge in [-0.3, -0.25) is 0 Å². The van der Waals surface area contributed by atoms with Crippen LogP contribution in [0.2, 0.25) is 0 Å². The third kappa shape index (κ3) is 4.14. The molecule has 1 aliphatic rings. The predicted molar refractivity (Wildman–Crippen MR) is 82.8 cm³/mol. The molecule has 106 valence electrons. The Kier molecular flexibility index (Phi) is 5.16. The summed E-state index contributed by atoms with van der Waals surface area (Å²) in [6.45, 7) is 2.85. The third-order valence-corrected chi connectivity index (χ3v) is 6.58. The monoisotopic (exact) mass is 299 g/mol. The third-order valence-electron chi connectivity index (χ3n) is 3.24. The Morgan fingerprint density at radius 1 is 1.32 bits per heavy atom. The standard InChI is InChI=1S/C14H21NO2S2/c1-2-10-19(16,17)14-7-5-12(6-8-14)15-11-13-4-3-9-18-13/h5-8,13,15H,2-4,9-11H2,1H3. The van der Waals surface area contributed by atoms with Gasteiger partial charge in [0.25, 0.3) is 0 Å². The van der Waals surface area contributed by atoms with Gasteiger partial charge in [-0.15, -0.1) is 0 Å². The summed E-state index contributed by atoms with van der Waals surface area (Å²) < 4.78 is 23.8. The molecule has 0 aliphatic carbocycles. The summed E-state index contributed by atoms with van der Waals surface area (Å²) in [7, 11) is -3.09. The minimum atomic E-state index is -3.09. The van der Waals surface area contributed by atoms with Gasteiger partial charge in [0.05, 0.1) is 10.6 Å². The summed E-state index contributed by atoms with van der Waals surface area (Å²) in [6, 6.07) is 7.13. The molecule has 1 saturated heterocycles. The van der Waals surface area contributed by atoms with E-state index >= 15 is 0 Å². The molecule has 0 radical (unpaired) electrons. The van der Waals surface area contributed by atoms with Crippen LogP contribution in [-0.2, 0) is 9.84 Å². The van der Waals surface area contributed by atoms with Crippen LogP contribution in [0.25, 0.3) is 0 Å². The minimum absolute atomic E-state index is 0.221. The number of nitrogens with one attached hydrogen (secondary N) is 1. The highest BCUT2D eigenvalue weighted by molar-refractivity contribution is 8.00. The highest BCUT2D eigenvalue weighted by Crippen LogP contribution is 2.26. The lowest BCUT2D eigenvalue weighted by molar-refractivity contribution is 0.595. The van der Waals surface area contributed by atoms with Crippen LogP contribution in [0.5, 0.6) is 0 Å². The molecule has 1 unspecified atom stereocenters. The molecule has 3 nitrogen and oxygen atoms in total. The Bertz CT molecular complexity index is 491. The van der Waals surface area contributed by atoms with Gasteiger partial charge in [0.1, 0.15) is 0 Å². The number of anilines is 1. The average Bonchev–Trinajstić information content (AvgIpc) is 2.90. The van der Waals surface area contributed by atoms with Crippen molar-refractivity contribution in [3.63, 3.8) is 0 Å². The van der Waals surface area contributed by atoms with Crippen LogP contribution in [0.15, 0.2) is 29.2 Å². The summed E-state index contributed by atoms with van der Waals surface area (Å²) in [5.74, 6) is 1.49. The summed E-state index contributed by atoms with van der Waals surface area (Å²) in [5.41, 5.74) is 1.00. The molecule has 1 aromatic carbocycles. The number of hydrogen-bond donors (Lipinski definition) is 1. The Labute approximate surface area is 120 Å². The smallest absolute Gasteiger partial charge is 0.178 e. The zero-order valence-corrected chi connectivity index (χ0v) is 12.9. The molecular formula is C14H21NO2S2. The first kappa shape index (κ1) is 14.7. The average molecular weight is 299 g/mol. The van der Waals surface area contributed by atoms with E-state index in [9.17, 15) is 8.42 Å². The molecule has 0 aromatic heterocycles. The highest BCUT2D eigenvalue weighted by Gasteiger charge is 2.15. The summed E-state index contributed by atoms with van der Waals surface area (Å²) in [5, 5.41) is 4.08. The summed E-state index contributed by atoms with van der Waals surface area (Å²) in [6.07, 6.45) is 3.24. The molecule has 0 spiro atoms. The van der Waals surface area contributed by atoms with E-state index in [0.29, 0.717) is 16.6 Å². The van der Waals surface area contributed by atoms with Gasteiger partial charge in [-0.05, 0) is 49.3 Å². The van der Waals surface area contributed by atoms with E-state index in [1.54, 1.807) is 12.1 Å². The topological polar surface area (TPSA) is 46.2 Å². The van der Waals surface area contributed by atoms with Gasteiger partial charge in [-0.1, -0.05) is 6.92 Å². The van der Waals surface area contributed by atoms with Gasteiger partial charge in [0, 0.05) is 17.5 Å². The lowest BCUT2D eigenvalue weighted by atomic mass is 10.2. The predicted octanol–water partition coefficient (Wildman–Crippen LogP) is 3.18. The summed E-state index contributed by atoms with van der Waals surface area (Å²) >= 11 is 2.02. The van der Waals surface area contributed by atoms with E-state index in [2.05, 4.69) is 5.32 Å². The maximum absolute atomic E-state index is 11.9. The molecule has 0 saturated carbocycles. The van der Waals surface area contributed by atoms with Crippen LogP contribution in [0.1, 0.15) is 26.2 Å². The molecule has 0 bridgehead atoms. The second-order valence-corrected chi connectivity index (χ2v) is 8.38.